The fourth-order valence-electron chi connectivity index (χ4n) is 3.05. The van der Waals surface area contributed by atoms with Gasteiger partial charge in [-0.15, -0.1) is 0 Å². The molecule has 8 nitrogen and oxygen atoms in total. The van der Waals surface area contributed by atoms with Crippen LogP contribution in [0.15, 0.2) is 65.7 Å². The minimum Gasteiger partial charge on any atom is -0.444 e. The molecule has 0 saturated heterocycles. The third-order valence-electron chi connectivity index (χ3n) is 4.46. The highest BCUT2D eigenvalue weighted by atomic mass is 16.6. The van der Waals surface area contributed by atoms with Gasteiger partial charge in [0.1, 0.15) is 11.7 Å². The van der Waals surface area contributed by atoms with E-state index in [1.165, 1.54) is 0 Å². The standard InChI is InChI=1S/C25H26N6O2/c1-16-20(17-9-11-19(12-10-17)29-24(32)33-25(2,3)4)13-14-22(28-16)31-23(27)30-21-8-6-5-7-18(21)15-26/h5-14H,1-4H3,(H,29,32)(H3,27,28,30,31). The first kappa shape index (κ1) is 23.3. The molecule has 3 aromatic rings. The van der Waals surface area contributed by atoms with Crippen molar-refractivity contribution in [3.8, 4) is 17.2 Å². The number of aromatic nitrogens is 1. The average molecular weight is 443 g/mol. The first-order valence-electron chi connectivity index (χ1n) is 10.3. The third kappa shape index (κ3) is 6.55. The maximum absolute atomic E-state index is 11.9. The van der Waals surface area contributed by atoms with Crippen LogP contribution in [0, 0.1) is 18.3 Å². The molecule has 1 heterocycles. The molecule has 168 valence electrons. The zero-order valence-corrected chi connectivity index (χ0v) is 19.0. The molecule has 0 unspecified atom stereocenters. The fraction of sp³-hybridized carbons (Fsp3) is 0.200. The molecular weight excluding hydrogens is 416 g/mol. The average Bonchev–Trinajstić information content (AvgIpc) is 2.73. The van der Waals surface area contributed by atoms with Crippen molar-refractivity contribution < 1.29 is 9.53 Å². The highest BCUT2D eigenvalue weighted by Crippen LogP contribution is 2.26. The number of carbonyl (C=O) groups is 1. The van der Waals surface area contributed by atoms with E-state index in [4.69, 9.17) is 10.5 Å². The van der Waals surface area contributed by atoms with Gasteiger partial charge in [-0.25, -0.2) is 9.78 Å². The summed E-state index contributed by atoms with van der Waals surface area (Å²) in [5.41, 5.74) is 9.77. The van der Waals surface area contributed by atoms with Gasteiger partial charge in [-0.3, -0.25) is 5.32 Å². The highest BCUT2D eigenvalue weighted by molar-refractivity contribution is 5.95. The van der Waals surface area contributed by atoms with E-state index in [2.05, 4.69) is 26.7 Å². The number of nitrogens with two attached hydrogens (primary N) is 1. The lowest BCUT2D eigenvalue weighted by molar-refractivity contribution is 0.0636. The number of hydrogen-bond donors (Lipinski definition) is 3. The van der Waals surface area contributed by atoms with Crippen molar-refractivity contribution in [2.45, 2.75) is 33.3 Å². The quantitative estimate of drug-likeness (QED) is 0.370. The number of hydrogen-bond acceptors (Lipinski definition) is 5. The van der Waals surface area contributed by atoms with E-state index in [1.807, 2.05) is 52.0 Å². The molecule has 0 saturated carbocycles. The summed E-state index contributed by atoms with van der Waals surface area (Å²) in [5.74, 6) is 0.578. The predicted octanol–water partition coefficient (Wildman–Crippen LogP) is 5.33. The summed E-state index contributed by atoms with van der Waals surface area (Å²) >= 11 is 0. The molecule has 0 radical (unpaired) electrons. The molecule has 0 fully saturated rings. The maximum atomic E-state index is 11.9. The van der Waals surface area contributed by atoms with Crippen molar-refractivity contribution in [2.24, 2.45) is 10.7 Å². The Hall–Kier alpha value is -4.38. The van der Waals surface area contributed by atoms with Gasteiger partial charge in [-0.1, -0.05) is 24.3 Å². The van der Waals surface area contributed by atoms with Gasteiger partial charge in [-0.05, 0) is 69.7 Å². The number of nitrogens with zero attached hydrogens (tertiary/aromatic N) is 3. The molecule has 0 spiro atoms. The number of pyridine rings is 1. The number of anilines is 2. The van der Waals surface area contributed by atoms with Crippen LogP contribution in [0.3, 0.4) is 0 Å². The predicted molar refractivity (Wildman–Crippen MR) is 130 cm³/mol. The van der Waals surface area contributed by atoms with Gasteiger partial charge in [0.25, 0.3) is 0 Å². The summed E-state index contributed by atoms with van der Waals surface area (Å²) in [4.78, 5) is 20.8. The Morgan fingerprint density at radius 1 is 1.06 bits per heavy atom. The molecule has 1 amide bonds. The van der Waals surface area contributed by atoms with Crippen LogP contribution in [-0.2, 0) is 4.74 Å². The van der Waals surface area contributed by atoms with Crippen molar-refractivity contribution in [1.82, 2.24) is 4.98 Å². The summed E-state index contributed by atoms with van der Waals surface area (Å²) < 4.78 is 5.27. The Bertz CT molecular complexity index is 1220. The monoisotopic (exact) mass is 442 g/mol. The number of nitriles is 1. The van der Waals surface area contributed by atoms with Crippen molar-refractivity contribution in [1.29, 1.82) is 5.26 Å². The van der Waals surface area contributed by atoms with Gasteiger partial charge in [0.15, 0.2) is 11.8 Å². The SMILES string of the molecule is Cc1nc(N=C(N)Nc2ccccc2C#N)ccc1-c1ccc(NC(=O)OC(C)(C)C)cc1. The first-order valence-corrected chi connectivity index (χ1v) is 10.3. The molecule has 2 aromatic carbocycles. The van der Waals surface area contributed by atoms with E-state index in [9.17, 15) is 10.1 Å². The summed E-state index contributed by atoms with van der Waals surface area (Å²) in [6.07, 6.45) is -0.501. The largest absolute Gasteiger partial charge is 0.444 e. The van der Waals surface area contributed by atoms with Gasteiger partial charge < -0.3 is 15.8 Å². The number of amides is 1. The lowest BCUT2D eigenvalue weighted by Gasteiger charge is -2.19. The van der Waals surface area contributed by atoms with Crippen molar-refractivity contribution in [3.05, 3.63) is 71.9 Å². The summed E-state index contributed by atoms with van der Waals surface area (Å²) in [5, 5.41) is 14.8. The van der Waals surface area contributed by atoms with Crippen LogP contribution in [0.25, 0.3) is 11.1 Å². The van der Waals surface area contributed by atoms with Crippen LogP contribution in [-0.4, -0.2) is 22.6 Å². The van der Waals surface area contributed by atoms with Crippen LogP contribution >= 0.6 is 0 Å². The number of ether oxygens (including phenoxy) is 1. The van der Waals surface area contributed by atoms with Crippen LogP contribution in [0.4, 0.5) is 22.0 Å². The van der Waals surface area contributed by atoms with Crippen molar-refractivity contribution in [3.63, 3.8) is 0 Å². The molecular formula is C25H26N6O2. The molecule has 33 heavy (non-hydrogen) atoms. The van der Waals surface area contributed by atoms with E-state index in [0.717, 1.165) is 16.8 Å². The Morgan fingerprint density at radius 2 is 1.76 bits per heavy atom. The summed E-state index contributed by atoms with van der Waals surface area (Å²) in [6, 6.07) is 20.2. The molecule has 0 aliphatic heterocycles. The van der Waals surface area contributed by atoms with E-state index < -0.39 is 11.7 Å². The smallest absolute Gasteiger partial charge is 0.412 e. The number of guanidine groups is 1. The van der Waals surface area contributed by atoms with Crippen molar-refractivity contribution >= 4 is 29.2 Å². The summed E-state index contributed by atoms with van der Waals surface area (Å²) in [7, 11) is 0. The van der Waals surface area contributed by atoms with Gasteiger partial charge >= 0.3 is 6.09 Å². The highest BCUT2D eigenvalue weighted by Gasteiger charge is 2.16. The second-order valence-electron chi connectivity index (χ2n) is 8.29. The minimum atomic E-state index is -0.560. The van der Waals surface area contributed by atoms with Crippen LogP contribution < -0.4 is 16.4 Å². The van der Waals surface area contributed by atoms with Gasteiger partial charge in [0.05, 0.1) is 11.3 Å². The molecule has 0 aliphatic carbocycles. The molecule has 1 aromatic heterocycles. The molecule has 4 N–H and O–H groups in total. The minimum absolute atomic E-state index is 0.134. The number of benzene rings is 2. The van der Waals surface area contributed by atoms with Crippen LogP contribution in [0.5, 0.6) is 0 Å². The fourth-order valence-corrected chi connectivity index (χ4v) is 3.05. The third-order valence-corrected chi connectivity index (χ3v) is 4.46. The zero-order chi connectivity index (χ0) is 24.0. The molecule has 0 bridgehead atoms. The number of nitrogens with one attached hydrogen (secondary N) is 2. The lowest BCUT2D eigenvalue weighted by atomic mass is 10.0. The molecule has 0 atom stereocenters. The van der Waals surface area contributed by atoms with E-state index >= 15 is 0 Å². The number of aryl methyl sites for hydroxylation is 1. The topological polar surface area (TPSA) is 125 Å². The molecule has 3 rings (SSSR count). The first-order chi connectivity index (χ1) is 15.6. The second kappa shape index (κ2) is 9.83. The van der Waals surface area contributed by atoms with Gasteiger partial charge in [0.2, 0.25) is 0 Å². The maximum Gasteiger partial charge on any atom is 0.412 e. The second-order valence-corrected chi connectivity index (χ2v) is 8.29. The van der Waals surface area contributed by atoms with Gasteiger partial charge in [-0.2, -0.15) is 10.3 Å². The van der Waals surface area contributed by atoms with E-state index in [-0.39, 0.29) is 5.96 Å². The number of carbonyl (C=O) groups excluding carboxylic acids is 1. The van der Waals surface area contributed by atoms with Gasteiger partial charge in [0, 0.05) is 16.9 Å². The summed E-state index contributed by atoms with van der Waals surface area (Å²) in [6.45, 7) is 7.33. The van der Waals surface area contributed by atoms with E-state index in [0.29, 0.717) is 22.8 Å². The van der Waals surface area contributed by atoms with Crippen molar-refractivity contribution in [2.75, 3.05) is 10.6 Å². The zero-order valence-electron chi connectivity index (χ0n) is 19.0. The van der Waals surface area contributed by atoms with E-state index in [1.54, 1.807) is 36.4 Å². The number of rotatable bonds is 4. The van der Waals surface area contributed by atoms with Crippen LogP contribution in [0.1, 0.15) is 32.0 Å². The number of aliphatic imine (C=N–C) groups is 1. The van der Waals surface area contributed by atoms with Crippen LogP contribution in [0.2, 0.25) is 0 Å². The number of para-hydroxylation sites is 1. The normalized spacial score (nSPS) is 11.4. The Kier molecular flexibility index (Phi) is 6.94. The Balaban J connectivity index is 1.72. The molecule has 0 aliphatic rings. The Morgan fingerprint density at radius 3 is 2.39 bits per heavy atom. The lowest BCUT2D eigenvalue weighted by Crippen LogP contribution is -2.27. The Labute approximate surface area is 193 Å². The molecule has 8 heteroatoms.